The number of aliphatic carboxylic acids is 1. The number of nitrogens with zero attached hydrogens (tertiary/aromatic N) is 1. The lowest BCUT2D eigenvalue weighted by Gasteiger charge is -2.05. The van der Waals surface area contributed by atoms with Gasteiger partial charge in [-0.2, -0.15) is 0 Å². The van der Waals surface area contributed by atoms with Crippen molar-refractivity contribution in [2.24, 2.45) is 0 Å². The molecule has 0 radical (unpaired) electrons. The first-order valence-electron chi connectivity index (χ1n) is 6.81. The van der Waals surface area contributed by atoms with Crippen LogP contribution in [0, 0.1) is 5.82 Å². The Balaban J connectivity index is 1.92. The second-order valence-electron chi connectivity index (χ2n) is 5.22. The Morgan fingerprint density at radius 2 is 2.17 bits per heavy atom. The van der Waals surface area contributed by atoms with E-state index in [4.69, 9.17) is 26.0 Å². The van der Waals surface area contributed by atoms with Crippen molar-refractivity contribution in [2.45, 2.75) is 12.5 Å². The second kappa shape index (κ2) is 4.96. The van der Waals surface area contributed by atoms with Crippen LogP contribution >= 0.6 is 11.6 Å². The molecule has 1 aliphatic rings. The summed E-state index contributed by atoms with van der Waals surface area (Å²) in [5.41, 5.74) is 1.49. The number of fused-ring (bicyclic) bond motifs is 2. The number of carboxylic acid groups (broad SMARTS) is 1. The molecule has 1 aromatic heterocycles. The molecule has 3 aromatic rings. The van der Waals surface area contributed by atoms with Gasteiger partial charge in [-0.05, 0) is 18.2 Å². The summed E-state index contributed by atoms with van der Waals surface area (Å²) in [5, 5.41) is 13.7. The van der Waals surface area contributed by atoms with Crippen LogP contribution in [-0.2, 0) is 11.2 Å². The van der Waals surface area contributed by atoms with Gasteiger partial charge in [-0.3, -0.25) is 0 Å². The number of aromatic nitrogens is 1. The van der Waals surface area contributed by atoms with Crippen LogP contribution in [0.4, 0.5) is 4.39 Å². The van der Waals surface area contributed by atoms with Crippen molar-refractivity contribution >= 4 is 28.5 Å². The first kappa shape index (κ1) is 14.0. The lowest BCUT2D eigenvalue weighted by atomic mass is 10.0. The Morgan fingerprint density at radius 1 is 1.39 bits per heavy atom. The molecule has 5 nitrogen and oxygen atoms in total. The molecule has 1 aliphatic heterocycles. The van der Waals surface area contributed by atoms with Crippen LogP contribution in [0.3, 0.4) is 0 Å². The highest BCUT2D eigenvalue weighted by molar-refractivity contribution is 6.37. The van der Waals surface area contributed by atoms with E-state index in [0.717, 1.165) is 0 Å². The molecule has 0 spiro atoms. The van der Waals surface area contributed by atoms with Gasteiger partial charge in [0, 0.05) is 17.5 Å². The number of rotatable bonds is 2. The molecule has 0 bridgehead atoms. The largest absolute Gasteiger partial charge is 0.478 e. The van der Waals surface area contributed by atoms with Crippen LogP contribution in [0.15, 0.2) is 34.9 Å². The summed E-state index contributed by atoms with van der Waals surface area (Å²) in [4.78, 5) is 11.1. The van der Waals surface area contributed by atoms with Crippen LogP contribution in [0.5, 0.6) is 5.75 Å². The Morgan fingerprint density at radius 3 is 2.91 bits per heavy atom. The zero-order valence-electron chi connectivity index (χ0n) is 11.5. The number of carbonyl (C=O) groups is 1. The van der Waals surface area contributed by atoms with E-state index in [9.17, 15) is 9.18 Å². The lowest BCUT2D eigenvalue weighted by Crippen LogP contribution is -2.24. The van der Waals surface area contributed by atoms with E-state index in [1.165, 1.54) is 6.07 Å². The maximum absolute atomic E-state index is 14.0. The second-order valence-corrected chi connectivity index (χ2v) is 5.59. The van der Waals surface area contributed by atoms with E-state index >= 15 is 0 Å². The Hall–Kier alpha value is -2.60. The minimum absolute atomic E-state index is 0.149. The molecule has 1 unspecified atom stereocenters. The van der Waals surface area contributed by atoms with E-state index in [1.807, 2.05) is 0 Å². The number of benzene rings is 2. The van der Waals surface area contributed by atoms with Crippen LogP contribution in [0.1, 0.15) is 5.56 Å². The molecule has 2 heterocycles. The number of hydrogen-bond acceptors (Lipinski definition) is 4. The van der Waals surface area contributed by atoms with E-state index in [1.54, 1.807) is 24.3 Å². The van der Waals surface area contributed by atoms with Gasteiger partial charge >= 0.3 is 5.97 Å². The van der Waals surface area contributed by atoms with E-state index in [2.05, 4.69) is 5.16 Å². The highest BCUT2D eigenvalue weighted by Crippen LogP contribution is 2.44. The smallest absolute Gasteiger partial charge is 0.345 e. The topological polar surface area (TPSA) is 72.6 Å². The van der Waals surface area contributed by atoms with Gasteiger partial charge in [0.25, 0.3) is 0 Å². The Kier molecular flexibility index (Phi) is 3.02. The van der Waals surface area contributed by atoms with Crippen molar-refractivity contribution in [3.8, 4) is 17.0 Å². The van der Waals surface area contributed by atoms with Crippen LogP contribution in [0.2, 0.25) is 5.02 Å². The molecule has 4 rings (SSSR count). The minimum Gasteiger partial charge on any atom is -0.478 e. The first-order chi connectivity index (χ1) is 11.1. The fraction of sp³-hybridized carbons (Fsp3) is 0.125. The molecule has 0 fully saturated rings. The molecule has 116 valence electrons. The highest BCUT2D eigenvalue weighted by Gasteiger charge is 2.33. The maximum atomic E-state index is 14.0. The summed E-state index contributed by atoms with van der Waals surface area (Å²) in [6.45, 7) is 0. The van der Waals surface area contributed by atoms with Gasteiger partial charge < -0.3 is 14.4 Å². The summed E-state index contributed by atoms with van der Waals surface area (Å²) in [6, 6.07) is 7.88. The van der Waals surface area contributed by atoms with E-state index in [0.29, 0.717) is 16.6 Å². The standard InChI is InChI=1S/C16H9ClFNO4/c17-12-14-7(6-11(22-14)16(20)21)5-9-13(19-23-15(9)12)8-3-1-2-4-10(8)18/h1-5,11H,6H2,(H,20,21). The van der Waals surface area contributed by atoms with Crippen LogP contribution < -0.4 is 4.74 Å². The number of hydrogen-bond donors (Lipinski definition) is 1. The van der Waals surface area contributed by atoms with Gasteiger partial charge in [0.05, 0.1) is 5.39 Å². The molecule has 2 aromatic carbocycles. The number of halogens is 2. The van der Waals surface area contributed by atoms with Crippen LogP contribution in [0.25, 0.3) is 22.2 Å². The summed E-state index contributed by atoms with van der Waals surface area (Å²) in [6.07, 6.45) is -0.804. The van der Waals surface area contributed by atoms with Crippen molar-refractivity contribution in [1.82, 2.24) is 5.16 Å². The van der Waals surface area contributed by atoms with Crippen molar-refractivity contribution in [3.63, 3.8) is 0 Å². The quantitative estimate of drug-likeness (QED) is 0.774. The van der Waals surface area contributed by atoms with Gasteiger partial charge in [0.2, 0.25) is 0 Å². The number of ether oxygens (including phenoxy) is 1. The molecule has 7 heteroatoms. The average molecular weight is 334 g/mol. The fourth-order valence-electron chi connectivity index (χ4n) is 2.72. The fourth-order valence-corrected chi connectivity index (χ4v) is 3.02. The van der Waals surface area contributed by atoms with Crippen molar-refractivity contribution in [3.05, 3.63) is 46.7 Å². The molecule has 0 saturated heterocycles. The average Bonchev–Trinajstić information content (AvgIpc) is 3.13. The zero-order chi connectivity index (χ0) is 16.1. The summed E-state index contributed by atoms with van der Waals surface area (Å²) in [7, 11) is 0. The molecular weight excluding hydrogens is 325 g/mol. The molecule has 0 amide bonds. The van der Waals surface area contributed by atoms with Crippen molar-refractivity contribution < 1.29 is 23.6 Å². The third-order valence-electron chi connectivity index (χ3n) is 3.81. The van der Waals surface area contributed by atoms with Gasteiger partial charge in [0.15, 0.2) is 11.7 Å². The zero-order valence-corrected chi connectivity index (χ0v) is 12.3. The third kappa shape index (κ3) is 2.06. The molecular formula is C16H9ClFNO4. The van der Waals surface area contributed by atoms with Gasteiger partial charge in [-0.15, -0.1) is 0 Å². The molecule has 1 atom stereocenters. The predicted molar refractivity (Wildman–Crippen MR) is 80.2 cm³/mol. The first-order valence-corrected chi connectivity index (χ1v) is 7.19. The SMILES string of the molecule is O=C(O)C1Cc2cc3c(-c4ccccc4F)noc3c(Cl)c2O1. The molecule has 0 saturated carbocycles. The highest BCUT2D eigenvalue weighted by atomic mass is 35.5. The monoisotopic (exact) mass is 333 g/mol. The van der Waals surface area contributed by atoms with Crippen molar-refractivity contribution in [1.29, 1.82) is 0 Å². The van der Waals surface area contributed by atoms with Gasteiger partial charge in [0.1, 0.15) is 22.3 Å². The normalized spacial score (nSPS) is 16.3. The summed E-state index contributed by atoms with van der Waals surface area (Å²) in [5.74, 6) is -1.22. The Bertz CT molecular complexity index is 953. The van der Waals surface area contributed by atoms with Crippen molar-refractivity contribution in [2.75, 3.05) is 0 Å². The van der Waals surface area contributed by atoms with E-state index < -0.39 is 17.9 Å². The van der Waals surface area contributed by atoms with E-state index in [-0.39, 0.29) is 28.3 Å². The molecule has 0 aliphatic carbocycles. The Labute approximate surface area is 134 Å². The van der Waals surface area contributed by atoms with Crippen LogP contribution in [-0.4, -0.2) is 22.3 Å². The predicted octanol–water partition coefficient (Wildman–Crippen LogP) is 3.68. The third-order valence-corrected chi connectivity index (χ3v) is 4.15. The summed E-state index contributed by atoms with van der Waals surface area (Å²) >= 11 is 6.25. The lowest BCUT2D eigenvalue weighted by molar-refractivity contribution is -0.144. The number of carboxylic acids is 1. The molecule has 1 N–H and O–H groups in total. The summed E-state index contributed by atoms with van der Waals surface area (Å²) < 4.78 is 24.6. The van der Waals surface area contributed by atoms with Gasteiger partial charge in [-0.1, -0.05) is 28.9 Å². The van der Waals surface area contributed by atoms with Gasteiger partial charge in [-0.25, -0.2) is 9.18 Å². The maximum Gasteiger partial charge on any atom is 0.345 e. The minimum atomic E-state index is -1.07. The molecule has 23 heavy (non-hydrogen) atoms.